The van der Waals surface area contributed by atoms with Crippen molar-refractivity contribution < 1.29 is 12.3 Å². The summed E-state index contributed by atoms with van der Waals surface area (Å²) in [5.41, 5.74) is 2.91. The van der Waals surface area contributed by atoms with Crippen LogP contribution in [-0.2, 0) is 23.0 Å². The lowest BCUT2D eigenvalue weighted by Gasteiger charge is -2.30. The Morgan fingerprint density at radius 3 is 2.31 bits per heavy atom. The molecule has 0 spiro atoms. The third-order valence-corrected chi connectivity index (χ3v) is 7.39. The Hall–Kier alpha value is -1.95. The number of amidine groups is 1. The average molecular weight is 390 g/mol. The number of aliphatic imine (C=N–C) groups is 1. The SMILES string of the molecule is CCc1ccc(C[N+]2(S(=O)(=O)c3ccc(C)cc3)C=CN=C2C)c(Cl)c1. The van der Waals surface area contributed by atoms with Crippen LogP contribution in [0.4, 0.5) is 0 Å². The number of hydrogen-bond donors (Lipinski definition) is 0. The van der Waals surface area contributed by atoms with Crippen molar-refractivity contribution in [3.63, 3.8) is 0 Å². The molecule has 0 amide bonds. The number of sulfonamides is 1. The fourth-order valence-corrected chi connectivity index (χ4v) is 5.09. The second-order valence-electron chi connectivity index (χ2n) is 6.50. The molecule has 2 aromatic rings. The van der Waals surface area contributed by atoms with E-state index >= 15 is 0 Å². The molecule has 1 atom stereocenters. The van der Waals surface area contributed by atoms with Crippen LogP contribution in [0.1, 0.15) is 30.5 Å². The zero-order valence-electron chi connectivity index (χ0n) is 15.1. The normalized spacial score (nSPS) is 19.6. The van der Waals surface area contributed by atoms with Crippen molar-refractivity contribution in [2.45, 2.75) is 38.6 Å². The number of hydrogen-bond acceptors (Lipinski definition) is 3. The highest BCUT2D eigenvalue weighted by Gasteiger charge is 2.47. The van der Waals surface area contributed by atoms with Gasteiger partial charge in [0.2, 0.25) is 5.84 Å². The van der Waals surface area contributed by atoms with E-state index in [9.17, 15) is 8.42 Å². The summed E-state index contributed by atoms with van der Waals surface area (Å²) in [4.78, 5) is 4.51. The van der Waals surface area contributed by atoms with Gasteiger partial charge in [0.05, 0.1) is 6.20 Å². The Kier molecular flexibility index (Phi) is 5.06. The lowest BCUT2D eigenvalue weighted by atomic mass is 10.1. The first kappa shape index (κ1) is 18.8. The van der Waals surface area contributed by atoms with Gasteiger partial charge in [-0.1, -0.05) is 48.4 Å². The van der Waals surface area contributed by atoms with Crippen molar-refractivity contribution in [1.82, 2.24) is 0 Å². The van der Waals surface area contributed by atoms with Crippen LogP contribution in [0.3, 0.4) is 0 Å². The molecule has 26 heavy (non-hydrogen) atoms. The summed E-state index contributed by atoms with van der Waals surface area (Å²) in [5, 5.41) is 0.578. The molecule has 0 saturated carbocycles. The lowest BCUT2D eigenvalue weighted by molar-refractivity contribution is -0.664. The highest BCUT2D eigenvalue weighted by molar-refractivity contribution is 7.86. The highest BCUT2D eigenvalue weighted by Crippen LogP contribution is 2.34. The van der Waals surface area contributed by atoms with E-state index in [0.717, 1.165) is 23.1 Å². The number of benzene rings is 2. The topological polar surface area (TPSA) is 46.5 Å². The van der Waals surface area contributed by atoms with Gasteiger partial charge in [-0.05, 0) is 37.1 Å². The first-order valence-corrected chi connectivity index (χ1v) is 10.3. The molecule has 1 heterocycles. The predicted molar refractivity (Wildman–Crippen MR) is 105 cm³/mol. The fraction of sp³-hybridized carbons (Fsp3) is 0.250. The fourth-order valence-electron chi connectivity index (χ4n) is 3.05. The number of nitrogens with zero attached hydrogens (tertiary/aromatic N) is 2. The van der Waals surface area contributed by atoms with Gasteiger partial charge < -0.3 is 0 Å². The smallest absolute Gasteiger partial charge is 0.202 e. The van der Waals surface area contributed by atoms with Crippen LogP contribution in [0.5, 0.6) is 0 Å². The van der Waals surface area contributed by atoms with Crippen LogP contribution in [0.15, 0.2) is 64.8 Å². The standard InChI is InChI=1S/C20H22ClN2O2S/c1-4-17-7-8-18(20(21)13-17)14-23(12-11-22-16(23)3)26(24,25)19-9-5-15(2)6-10-19/h5-13H,4,14H2,1-3H3/q+1. The molecule has 2 aromatic carbocycles. The molecule has 0 aliphatic carbocycles. The minimum atomic E-state index is -3.74. The second-order valence-corrected chi connectivity index (χ2v) is 8.98. The second kappa shape index (κ2) is 6.99. The van der Waals surface area contributed by atoms with E-state index in [2.05, 4.69) is 11.9 Å². The van der Waals surface area contributed by atoms with Gasteiger partial charge in [0.25, 0.3) is 0 Å². The van der Waals surface area contributed by atoms with E-state index in [1.807, 2.05) is 25.1 Å². The summed E-state index contributed by atoms with van der Waals surface area (Å²) in [7, 11) is -3.74. The van der Waals surface area contributed by atoms with Gasteiger partial charge in [-0.2, -0.15) is 8.42 Å². The summed E-state index contributed by atoms with van der Waals surface area (Å²) in [6.45, 7) is 5.92. The molecule has 1 aliphatic heterocycles. The number of aryl methyl sites for hydroxylation is 2. The van der Waals surface area contributed by atoms with Gasteiger partial charge in [0, 0.05) is 17.5 Å². The van der Waals surface area contributed by atoms with E-state index in [1.54, 1.807) is 43.6 Å². The molecule has 0 aromatic heterocycles. The third kappa shape index (κ3) is 3.11. The summed E-state index contributed by atoms with van der Waals surface area (Å²) >= 11 is 6.44. The van der Waals surface area contributed by atoms with Crippen LogP contribution in [0.25, 0.3) is 0 Å². The molecule has 0 bridgehead atoms. The van der Waals surface area contributed by atoms with Crippen LogP contribution in [0, 0.1) is 6.92 Å². The molecule has 136 valence electrons. The van der Waals surface area contributed by atoms with E-state index in [1.165, 1.54) is 0 Å². The molecule has 6 heteroatoms. The number of quaternary nitrogens is 1. The Morgan fingerprint density at radius 2 is 1.77 bits per heavy atom. The molecule has 0 saturated heterocycles. The van der Waals surface area contributed by atoms with Gasteiger partial charge in [-0.25, -0.2) is 4.99 Å². The predicted octanol–water partition coefficient (Wildman–Crippen LogP) is 4.82. The van der Waals surface area contributed by atoms with E-state index in [4.69, 9.17) is 11.6 Å². The largest absolute Gasteiger partial charge is 0.337 e. The molecule has 0 fully saturated rings. The van der Waals surface area contributed by atoms with Crippen molar-refractivity contribution in [2.75, 3.05) is 0 Å². The number of rotatable bonds is 5. The molecule has 1 unspecified atom stereocenters. The van der Waals surface area contributed by atoms with Crippen LogP contribution < -0.4 is 0 Å². The van der Waals surface area contributed by atoms with Crippen molar-refractivity contribution >= 4 is 27.5 Å². The van der Waals surface area contributed by atoms with Crippen molar-refractivity contribution in [3.05, 3.63) is 76.6 Å². The number of halogens is 1. The summed E-state index contributed by atoms with van der Waals surface area (Å²) in [6, 6.07) is 12.7. The Balaban J connectivity index is 2.10. The van der Waals surface area contributed by atoms with E-state index in [0.29, 0.717) is 10.9 Å². The maximum atomic E-state index is 13.5. The van der Waals surface area contributed by atoms with Gasteiger partial charge in [-0.3, -0.25) is 0 Å². The van der Waals surface area contributed by atoms with Gasteiger partial charge in [0.15, 0.2) is 0 Å². The zero-order chi connectivity index (χ0) is 18.9. The quantitative estimate of drug-likeness (QED) is 0.688. The van der Waals surface area contributed by atoms with E-state index < -0.39 is 10.0 Å². The Bertz CT molecular complexity index is 995. The Morgan fingerprint density at radius 1 is 1.08 bits per heavy atom. The third-order valence-electron chi connectivity index (χ3n) is 4.80. The van der Waals surface area contributed by atoms with Crippen LogP contribution in [0.2, 0.25) is 5.02 Å². The van der Waals surface area contributed by atoms with Crippen LogP contribution in [-0.4, -0.2) is 18.1 Å². The van der Waals surface area contributed by atoms with E-state index in [-0.39, 0.29) is 15.3 Å². The first-order chi connectivity index (χ1) is 12.3. The van der Waals surface area contributed by atoms with Gasteiger partial charge in [-0.15, -0.1) is 3.89 Å². The minimum absolute atomic E-state index is 0.199. The molecular weight excluding hydrogens is 368 g/mol. The molecule has 4 nitrogen and oxygen atoms in total. The molecule has 1 aliphatic rings. The lowest BCUT2D eigenvalue weighted by Crippen LogP contribution is -2.49. The molecule has 0 radical (unpaired) electrons. The van der Waals surface area contributed by atoms with Gasteiger partial charge in [0.1, 0.15) is 17.6 Å². The molecule has 3 rings (SSSR count). The van der Waals surface area contributed by atoms with Crippen molar-refractivity contribution in [2.24, 2.45) is 4.99 Å². The summed E-state index contributed by atoms with van der Waals surface area (Å²) < 4.78 is 26.7. The zero-order valence-corrected chi connectivity index (χ0v) is 16.7. The minimum Gasteiger partial charge on any atom is -0.202 e. The maximum absolute atomic E-state index is 13.5. The monoisotopic (exact) mass is 389 g/mol. The maximum Gasteiger partial charge on any atom is 0.337 e. The molecule has 0 N–H and O–H groups in total. The average Bonchev–Trinajstić information content (AvgIpc) is 2.99. The Labute approximate surface area is 160 Å². The molecular formula is C20H22ClN2O2S+. The van der Waals surface area contributed by atoms with Crippen LogP contribution >= 0.6 is 11.6 Å². The van der Waals surface area contributed by atoms with Crippen molar-refractivity contribution in [1.29, 1.82) is 0 Å². The summed E-state index contributed by atoms with van der Waals surface area (Å²) in [6.07, 6.45) is 4.05. The van der Waals surface area contributed by atoms with Crippen molar-refractivity contribution in [3.8, 4) is 0 Å². The first-order valence-electron chi connectivity index (χ1n) is 8.50. The van der Waals surface area contributed by atoms with Gasteiger partial charge >= 0.3 is 10.0 Å². The summed E-state index contributed by atoms with van der Waals surface area (Å²) in [5.74, 6) is 0.501. The highest BCUT2D eigenvalue weighted by atomic mass is 35.5.